The summed E-state index contributed by atoms with van der Waals surface area (Å²) in [6.07, 6.45) is 1.97. The second-order valence-corrected chi connectivity index (χ2v) is 5.75. The molecule has 2 aromatic heterocycles. The molecule has 4 aromatic rings. The molecule has 0 radical (unpaired) electrons. The van der Waals surface area contributed by atoms with E-state index in [1.54, 1.807) is 17.4 Å². The minimum absolute atomic E-state index is 0.226. The SMILES string of the molecule is Oc1ccccc1-c1nc2sccn2c1Nc1ccccc1. The number of aromatic hydroxyl groups is 1. The van der Waals surface area contributed by atoms with Crippen LogP contribution in [0.2, 0.25) is 0 Å². The van der Waals surface area contributed by atoms with E-state index in [-0.39, 0.29) is 5.75 Å². The Morgan fingerprint density at radius 3 is 2.59 bits per heavy atom. The Kier molecular flexibility index (Phi) is 3.05. The monoisotopic (exact) mass is 307 g/mol. The van der Waals surface area contributed by atoms with Crippen molar-refractivity contribution in [2.75, 3.05) is 5.32 Å². The predicted molar refractivity (Wildman–Crippen MR) is 89.9 cm³/mol. The minimum Gasteiger partial charge on any atom is -0.507 e. The first kappa shape index (κ1) is 12.9. The second kappa shape index (κ2) is 5.20. The third-order valence-corrected chi connectivity index (χ3v) is 4.21. The maximum Gasteiger partial charge on any atom is 0.195 e. The fourth-order valence-corrected chi connectivity index (χ4v) is 3.14. The number of rotatable bonds is 3. The van der Waals surface area contributed by atoms with Gasteiger partial charge in [-0.2, -0.15) is 0 Å². The number of aromatic nitrogens is 2. The number of hydrogen-bond donors (Lipinski definition) is 2. The Balaban J connectivity index is 1.90. The van der Waals surface area contributed by atoms with Crippen molar-refractivity contribution in [2.24, 2.45) is 0 Å². The van der Waals surface area contributed by atoms with Gasteiger partial charge in [-0.15, -0.1) is 11.3 Å². The summed E-state index contributed by atoms with van der Waals surface area (Å²) in [5.74, 6) is 1.08. The summed E-state index contributed by atoms with van der Waals surface area (Å²) in [6.45, 7) is 0. The molecule has 5 heteroatoms. The van der Waals surface area contributed by atoms with E-state index in [2.05, 4.69) is 10.3 Å². The molecule has 2 aromatic carbocycles. The lowest BCUT2D eigenvalue weighted by Crippen LogP contribution is -1.95. The molecule has 2 N–H and O–H groups in total. The molecule has 0 bridgehead atoms. The van der Waals surface area contributed by atoms with Gasteiger partial charge in [0, 0.05) is 22.8 Å². The van der Waals surface area contributed by atoms with Crippen molar-refractivity contribution < 1.29 is 5.11 Å². The van der Waals surface area contributed by atoms with Gasteiger partial charge in [0.25, 0.3) is 0 Å². The number of nitrogens with zero attached hydrogens (tertiary/aromatic N) is 2. The number of phenols is 1. The third kappa shape index (κ3) is 2.12. The zero-order chi connectivity index (χ0) is 14.9. The van der Waals surface area contributed by atoms with Gasteiger partial charge in [0.1, 0.15) is 17.3 Å². The van der Waals surface area contributed by atoms with Crippen LogP contribution in [0.15, 0.2) is 66.2 Å². The van der Waals surface area contributed by atoms with Gasteiger partial charge in [0.2, 0.25) is 0 Å². The molecule has 0 unspecified atom stereocenters. The normalized spacial score (nSPS) is 10.9. The highest BCUT2D eigenvalue weighted by Crippen LogP contribution is 2.36. The van der Waals surface area contributed by atoms with Gasteiger partial charge in [0.05, 0.1) is 0 Å². The largest absolute Gasteiger partial charge is 0.507 e. The van der Waals surface area contributed by atoms with E-state index < -0.39 is 0 Å². The summed E-state index contributed by atoms with van der Waals surface area (Å²) < 4.78 is 2.00. The highest BCUT2D eigenvalue weighted by molar-refractivity contribution is 7.15. The van der Waals surface area contributed by atoms with E-state index >= 15 is 0 Å². The highest BCUT2D eigenvalue weighted by Gasteiger charge is 2.17. The first-order valence-corrected chi connectivity index (χ1v) is 7.77. The number of thiazole rings is 1. The number of imidazole rings is 1. The number of phenolic OH excluding ortho intramolecular Hbond substituents is 1. The van der Waals surface area contributed by atoms with Gasteiger partial charge in [-0.1, -0.05) is 30.3 Å². The molecule has 0 amide bonds. The Morgan fingerprint density at radius 2 is 1.77 bits per heavy atom. The average molecular weight is 307 g/mol. The average Bonchev–Trinajstić information content (AvgIpc) is 3.12. The van der Waals surface area contributed by atoms with Crippen molar-refractivity contribution in [1.82, 2.24) is 9.38 Å². The molecule has 108 valence electrons. The van der Waals surface area contributed by atoms with Crippen LogP contribution in [0.25, 0.3) is 16.2 Å². The summed E-state index contributed by atoms with van der Waals surface area (Å²) in [7, 11) is 0. The summed E-state index contributed by atoms with van der Waals surface area (Å²) in [5, 5.41) is 15.5. The molecule has 0 aliphatic heterocycles. The number of fused-ring (bicyclic) bond motifs is 1. The van der Waals surface area contributed by atoms with Crippen LogP contribution in [0.3, 0.4) is 0 Å². The van der Waals surface area contributed by atoms with E-state index in [4.69, 9.17) is 0 Å². The van der Waals surface area contributed by atoms with Crippen molar-refractivity contribution >= 4 is 27.8 Å². The summed E-state index contributed by atoms with van der Waals surface area (Å²) in [5.41, 5.74) is 2.44. The second-order valence-electron chi connectivity index (χ2n) is 4.87. The topological polar surface area (TPSA) is 49.6 Å². The van der Waals surface area contributed by atoms with Gasteiger partial charge in [-0.05, 0) is 24.3 Å². The molecule has 0 aliphatic rings. The maximum atomic E-state index is 10.1. The Labute approximate surface area is 131 Å². The van der Waals surface area contributed by atoms with Gasteiger partial charge in [0.15, 0.2) is 4.96 Å². The molecule has 4 rings (SSSR count). The molecule has 0 atom stereocenters. The molecule has 4 nitrogen and oxygen atoms in total. The Morgan fingerprint density at radius 1 is 1.00 bits per heavy atom. The molecule has 0 saturated carbocycles. The van der Waals surface area contributed by atoms with Gasteiger partial charge in [-0.25, -0.2) is 4.98 Å². The molecule has 0 saturated heterocycles. The van der Waals surface area contributed by atoms with Crippen molar-refractivity contribution in [1.29, 1.82) is 0 Å². The van der Waals surface area contributed by atoms with E-state index in [1.165, 1.54) is 0 Å². The molecule has 0 aliphatic carbocycles. The molecule has 22 heavy (non-hydrogen) atoms. The number of hydrogen-bond acceptors (Lipinski definition) is 4. The lowest BCUT2D eigenvalue weighted by molar-refractivity contribution is 0.477. The zero-order valence-corrected chi connectivity index (χ0v) is 12.4. The van der Waals surface area contributed by atoms with Crippen molar-refractivity contribution in [3.8, 4) is 17.0 Å². The van der Waals surface area contributed by atoms with Crippen LogP contribution in [0, 0.1) is 0 Å². The minimum atomic E-state index is 0.226. The van der Waals surface area contributed by atoms with Gasteiger partial charge < -0.3 is 10.4 Å². The van der Waals surface area contributed by atoms with Gasteiger partial charge >= 0.3 is 0 Å². The third-order valence-electron chi connectivity index (χ3n) is 3.46. The molecule has 0 fully saturated rings. The van der Waals surface area contributed by atoms with Crippen LogP contribution in [-0.4, -0.2) is 14.5 Å². The Hall–Kier alpha value is -2.79. The van der Waals surface area contributed by atoms with Crippen LogP contribution in [0.5, 0.6) is 5.75 Å². The number of para-hydroxylation sites is 2. The van der Waals surface area contributed by atoms with Gasteiger partial charge in [-0.3, -0.25) is 4.40 Å². The predicted octanol–water partition coefficient (Wildman–Crippen LogP) is 4.51. The molecule has 2 heterocycles. The summed E-state index contributed by atoms with van der Waals surface area (Å²) in [6, 6.07) is 17.2. The smallest absolute Gasteiger partial charge is 0.195 e. The first-order valence-electron chi connectivity index (χ1n) is 6.89. The van der Waals surface area contributed by atoms with Crippen LogP contribution < -0.4 is 5.32 Å². The molecular formula is C17H13N3OS. The fourth-order valence-electron chi connectivity index (χ4n) is 2.43. The van der Waals surface area contributed by atoms with Crippen LogP contribution in [0.1, 0.15) is 0 Å². The summed E-state index contributed by atoms with van der Waals surface area (Å²) >= 11 is 1.56. The molecule has 0 spiro atoms. The first-order chi connectivity index (χ1) is 10.8. The molecular weight excluding hydrogens is 294 g/mol. The zero-order valence-electron chi connectivity index (χ0n) is 11.6. The number of benzene rings is 2. The van der Waals surface area contributed by atoms with E-state index in [0.29, 0.717) is 0 Å². The van der Waals surface area contributed by atoms with Crippen LogP contribution in [-0.2, 0) is 0 Å². The highest BCUT2D eigenvalue weighted by atomic mass is 32.1. The fraction of sp³-hybridized carbons (Fsp3) is 0. The van der Waals surface area contributed by atoms with Crippen LogP contribution >= 0.6 is 11.3 Å². The Bertz CT molecular complexity index is 927. The van der Waals surface area contributed by atoms with E-state index in [9.17, 15) is 5.11 Å². The van der Waals surface area contributed by atoms with E-state index in [0.717, 1.165) is 27.7 Å². The number of anilines is 2. The standard InChI is InChI=1S/C17H13N3OS/c21-14-9-5-4-8-13(14)15-16(18-12-6-2-1-3-7-12)20-10-11-22-17(20)19-15/h1-11,18,21H. The lowest BCUT2D eigenvalue weighted by atomic mass is 10.1. The number of nitrogens with one attached hydrogen (secondary N) is 1. The van der Waals surface area contributed by atoms with Crippen molar-refractivity contribution in [3.63, 3.8) is 0 Å². The summed E-state index contributed by atoms with van der Waals surface area (Å²) in [4.78, 5) is 5.54. The lowest BCUT2D eigenvalue weighted by Gasteiger charge is -2.09. The maximum absolute atomic E-state index is 10.1. The van der Waals surface area contributed by atoms with Crippen LogP contribution in [0.4, 0.5) is 11.5 Å². The van der Waals surface area contributed by atoms with Crippen molar-refractivity contribution in [2.45, 2.75) is 0 Å². The quantitative estimate of drug-likeness (QED) is 0.585. The van der Waals surface area contributed by atoms with E-state index in [1.807, 2.05) is 64.5 Å². The van der Waals surface area contributed by atoms with Crippen molar-refractivity contribution in [3.05, 3.63) is 66.2 Å².